The van der Waals surface area contributed by atoms with Crippen molar-refractivity contribution in [3.63, 3.8) is 0 Å². The van der Waals surface area contributed by atoms with Crippen molar-refractivity contribution in [1.82, 2.24) is 9.62 Å². The van der Waals surface area contributed by atoms with Crippen LogP contribution in [0.3, 0.4) is 0 Å². The molecule has 98 valence electrons. The van der Waals surface area contributed by atoms with Crippen LogP contribution < -0.4 is 5.32 Å². The highest BCUT2D eigenvalue weighted by molar-refractivity contribution is 7.89. The van der Waals surface area contributed by atoms with Gasteiger partial charge in [0.15, 0.2) is 4.90 Å². The summed E-state index contributed by atoms with van der Waals surface area (Å²) in [5.74, 6) is -2.07. The molecule has 2 unspecified atom stereocenters. The van der Waals surface area contributed by atoms with Gasteiger partial charge in [0.1, 0.15) is 11.6 Å². The minimum atomic E-state index is -4.09. The number of sulfonamides is 1. The van der Waals surface area contributed by atoms with Gasteiger partial charge in [-0.1, -0.05) is 6.07 Å². The largest absolute Gasteiger partial charge is 0.311 e. The predicted octanol–water partition coefficient (Wildman–Crippen LogP) is 0.700. The first-order valence-electron chi connectivity index (χ1n) is 5.69. The van der Waals surface area contributed by atoms with Gasteiger partial charge in [0.2, 0.25) is 10.0 Å². The van der Waals surface area contributed by atoms with E-state index in [2.05, 4.69) is 5.32 Å². The maximum absolute atomic E-state index is 13.6. The van der Waals surface area contributed by atoms with Crippen molar-refractivity contribution in [3.8, 4) is 0 Å². The Balaban J connectivity index is 2.05. The second-order valence-corrected chi connectivity index (χ2v) is 6.45. The number of halogens is 2. The smallest absolute Gasteiger partial charge is 0.249 e. The van der Waals surface area contributed by atoms with Crippen molar-refractivity contribution in [3.05, 3.63) is 29.8 Å². The maximum Gasteiger partial charge on any atom is 0.249 e. The van der Waals surface area contributed by atoms with Crippen molar-refractivity contribution in [2.75, 3.05) is 13.1 Å². The predicted molar refractivity (Wildman–Crippen MR) is 60.4 cm³/mol. The van der Waals surface area contributed by atoms with Gasteiger partial charge in [-0.2, -0.15) is 4.31 Å². The summed E-state index contributed by atoms with van der Waals surface area (Å²) in [6, 6.07) is 2.98. The molecule has 2 aliphatic heterocycles. The highest BCUT2D eigenvalue weighted by Crippen LogP contribution is 2.31. The van der Waals surface area contributed by atoms with Crippen LogP contribution in [-0.2, 0) is 10.0 Å². The van der Waals surface area contributed by atoms with Crippen LogP contribution in [-0.4, -0.2) is 37.9 Å². The molecular formula is C11H12F2N2O2S. The fraction of sp³-hybridized carbons (Fsp3) is 0.455. The Bertz CT molecular complexity index is 570. The zero-order valence-electron chi connectivity index (χ0n) is 9.44. The van der Waals surface area contributed by atoms with Crippen LogP contribution in [0.1, 0.15) is 6.42 Å². The van der Waals surface area contributed by atoms with E-state index in [9.17, 15) is 17.2 Å². The summed E-state index contributed by atoms with van der Waals surface area (Å²) >= 11 is 0. The first-order valence-corrected chi connectivity index (χ1v) is 7.13. The number of benzene rings is 1. The Hall–Kier alpha value is -1.05. The number of rotatable bonds is 2. The second-order valence-electron chi connectivity index (χ2n) is 4.62. The van der Waals surface area contributed by atoms with E-state index in [1.807, 2.05) is 0 Å². The molecule has 2 bridgehead atoms. The van der Waals surface area contributed by atoms with Crippen LogP contribution in [0.25, 0.3) is 0 Å². The van der Waals surface area contributed by atoms with Gasteiger partial charge < -0.3 is 5.32 Å². The Morgan fingerprint density at radius 1 is 1.28 bits per heavy atom. The van der Waals surface area contributed by atoms with E-state index in [4.69, 9.17) is 0 Å². The van der Waals surface area contributed by atoms with E-state index < -0.39 is 26.6 Å². The zero-order valence-corrected chi connectivity index (χ0v) is 10.3. The molecule has 7 heteroatoms. The van der Waals surface area contributed by atoms with E-state index in [0.717, 1.165) is 18.2 Å². The second kappa shape index (κ2) is 3.97. The molecule has 2 saturated heterocycles. The highest BCUT2D eigenvalue weighted by Gasteiger charge is 2.45. The van der Waals surface area contributed by atoms with Gasteiger partial charge in [-0.05, 0) is 18.6 Å². The van der Waals surface area contributed by atoms with Gasteiger partial charge in [-0.3, -0.25) is 0 Å². The first kappa shape index (κ1) is 12.0. The van der Waals surface area contributed by atoms with E-state index in [1.54, 1.807) is 0 Å². The number of nitrogens with one attached hydrogen (secondary N) is 1. The molecule has 0 aliphatic carbocycles. The molecule has 4 nitrogen and oxygen atoms in total. The van der Waals surface area contributed by atoms with Gasteiger partial charge in [0, 0.05) is 25.2 Å². The molecule has 2 aliphatic rings. The normalized spacial score (nSPS) is 27.9. The summed E-state index contributed by atoms with van der Waals surface area (Å²) in [6.07, 6.45) is 0.704. The molecule has 0 amide bonds. The molecule has 18 heavy (non-hydrogen) atoms. The molecule has 0 spiro atoms. The summed E-state index contributed by atoms with van der Waals surface area (Å²) in [6.45, 7) is 0.820. The van der Waals surface area contributed by atoms with Gasteiger partial charge in [-0.25, -0.2) is 17.2 Å². The van der Waals surface area contributed by atoms with E-state index in [-0.39, 0.29) is 18.6 Å². The monoisotopic (exact) mass is 274 g/mol. The standard InChI is InChI=1S/C11H12F2N2O2S/c12-9-2-1-3-10(13)11(9)18(16,17)15-6-7-4-8(15)5-14-7/h1-3,7-8,14H,4-6H2. The Kier molecular flexibility index (Phi) is 2.65. The highest BCUT2D eigenvalue weighted by atomic mass is 32.2. The molecule has 1 aromatic rings. The Labute approximate surface area is 104 Å². The van der Waals surface area contributed by atoms with Gasteiger partial charge in [0.05, 0.1) is 0 Å². The first-order chi connectivity index (χ1) is 8.50. The third kappa shape index (κ3) is 1.65. The topological polar surface area (TPSA) is 49.4 Å². The van der Waals surface area contributed by atoms with Crippen LogP contribution >= 0.6 is 0 Å². The molecule has 0 saturated carbocycles. The van der Waals surface area contributed by atoms with Crippen molar-refractivity contribution in [2.45, 2.75) is 23.4 Å². The molecule has 2 fully saturated rings. The van der Waals surface area contributed by atoms with Gasteiger partial charge in [-0.15, -0.1) is 0 Å². The fourth-order valence-electron chi connectivity index (χ4n) is 2.66. The lowest BCUT2D eigenvalue weighted by atomic mass is 10.2. The molecule has 2 atom stereocenters. The molecule has 1 N–H and O–H groups in total. The lowest BCUT2D eigenvalue weighted by molar-refractivity contribution is 0.344. The average Bonchev–Trinajstić information content (AvgIpc) is 2.90. The third-order valence-corrected chi connectivity index (χ3v) is 5.46. The molecular weight excluding hydrogens is 262 g/mol. The fourth-order valence-corrected chi connectivity index (χ4v) is 4.46. The van der Waals surface area contributed by atoms with Crippen LogP contribution in [0.4, 0.5) is 8.78 Å². The van der Waals surface area contributed by atoms with Crippen molar-refractivity contribution < 1.29 is 17.2 Å². The quantitative estimate of drug-likeness (QED) is 0.863. The molecule has 0 radical (unpaired) electrons. The molecule has 2 heterocycles. The van der Waals surface area contributed by atoms with Crippen LogP contribution in [0.2, 0.25) is 0 Å². The minimum Gasteiger partial charge on any atom is -0.311 e. The lowest BCUT2D eigenvalue weighted by Crippen LogP contribution is -2.46. The number of hydrogen-bond donors (Lipinski definition) is 1. The number of hydrogen-bond acceptors (Lipinski definition) is 3. The van der Waals surface area contributed by atoms with E-state index in [0.29, 0.717) is 13.0 Å². The average molecular weight is 274 g/mol. The van der Waals surface area contributed by atoms with Gasteiger partial charge >= 0.3 is 0 Å². The van der Waals surface area contributed by atoms with E-state index in [1.165, 1.54) is 4.31 Å². The summed E-state index contributed by atoms with van der Waals surface area (Å²) < 4.78 is 52.9. The third-order valence-electron chi connectivity index (χ3n) is 3.49. The van der Waals surface area contributed by atoms with Gasteiger partial charge in [0.25, 0.3) is 0 Å². The Morgan fingerprint density at radius 2 is 1.94 bits per heavy atom. The van der Waals surface area contributed by atoms with Crippen molar-refractivity contribution >= 4 is 10.0 Å². The number of piperazine rings is 1. The Morgan fingerprint density at radius 3 is 2.44 bits per heavy atom. The van der Waals surface area contributed by atoms with Crippen molar-refractivity contribution in [1.29, 1.82) is 0 Å². The number of fused-ring (bicyclic) bond motifs is 2. The SMILES string of the molecule is O=S(=O)(c1c(F)cccc1F)N1CC2CC1CN2. The number of nitrogens with zero attached hydrogens (tertiary/aromatic N) is 1. The summed E-state index contributed by atoms with van der Waals surface area (Å²) in [7, 11) is -4.09. The van der Waals surface area contributed by atoms with E-state index >= 15 is 0 Å². The summed E-state index contributed by atoms with van der Waals surface area (Å²) in [5, 5.41) is 3.15. The molecule has 0 aromatic heterocycles. The summed E-state index contributed by atoms with van der Waals surface area (Å²) in [4.78, 5) is -0.836. The van der Waals surface area contributed by atoms with Crippen LogP contribution in [0.5, 0.6) is 0 Å². The van der Waals surface area contributed by atoms with Crippen LogP contribution in [0.15, 0.2) is 23.1 Å². The maximum atomic E-state index is 13.6. The zero-order chi connectivity index (χ0) is 12.9. The lowest BCUT2D eigenvalue weighted by Gasteiger charge is -2.26. The summed E-state index contributed by atoms with van der Waals surface area (Å²) in [5.41, 5.74) is 0. The molecule has 3 rings (SSSR count). The van der Waals surface area contributed by atoms with Crippen LogP contribution in [0, 0.1) is 11.6 Å². The molecule has 1 aromatic carbocycles. The van der Waals surface area contributed by atoms with Crippen molar-refractivity contribution in [2.24, 2.45) is 0 Å². The minimum absolute atomic E-state index is 0.0969.